The van der Waals surface area contributed by atoms with Crippen LogP contribution in [0.25, 0.3) is 0 Å². The Morgan fingerprint density at radius 3 is 2.76 bits per heavy atom. The molecule has 0 saturated carbocycles. The predicted octanol–water partition coefficient (Wildman–Crippen LogP) is 4.97. The molecule has 4 heteroatoms. The Bertz CT molecular complexity index is 435. The zero-order valence-corrected chi connectivity index (χ0v) is 13.2. The third kappa shape index (κ3) is 2.99. The van der Waals surface area contributed by atoms with Gasteiger partial charge in [-0.1, -0.05) is 6.92 Å². The van der Waals surface area contributed by atoms with Gasteiger partial charge >= 0.3 is 0 Å². The van der Waals surface area contributed by atoms with Crippen molar-refractivity contribution in [3.05, 3.63) is 42.7 Å². The Labute approximate surface area is 119 Å². The van der Waals surface area contributed by atoms with Crippen LogP contribution in [0.1, 0.15) is 35.4 Å². The van der Waals surface area contributed by atoms with E-state index in [9.17, 15) is 0 Å². The molecule has 2 aromatic rings. The second-order valence-electron chi connectivity index (χ2n) is 4.03. The molecule has 1 unspecified atom stereocenters. The van der Waals surface area contributed by atoms with E-state index < -0.39 is 0 Å². The van der Waals surface area contributed by atoms with Crippen LogP contribution in [0.2, 0.25) is 0 Å². The summed E-state index contributed by atoms with van der Waals surface area (Å²) >= 11 is 7.23. The molecule has 0 aliphatic heterocycles. The van der Waals surface area contributed by atoms with Gasteiger partial charge in [-0.05, 0) is 63.8 Å². The summed E-state index contributed by atoms with van der Waals surface area (Å²) in [6.45, 7) is 5.44. The molecule has 2 aromatic heterocycles. The largest absolute Gasteiger partial charge is 0.306 e. The molecule has 0 amide bonds. The number of aryl methyl sites for hydroxylation is 1. The Morgan fingerprint density at radius 2 is 2.24 bits per heavy atom. The number of halogens is 1. The Morgan fingerprint density at radius 1 is 1.41 bits per heavy atom. The van der Waals surface area contributed by atoms with Gasteiger partial charge in [0.05, 0.1) is 6.04 Å². The summed E-state index contributed by atoms with van der Waals surface area (Å²) < 4.78 is 1.21. The van der Waals surface area contributed by atoms with Gasteiger partial charge in [-0.3, -0.25) is 0 Å². The first-order chi connectivity index (χ1) is 8.24. The molecule has 2 rings (SSSR count). The van der Waals surface area contributed by atoms with Crippen molar-refractivity contribution in [2.24, 2.45) is 0 Å². The third-order valence-electron chi connectivity index (χ3n) is 2.72. The normalized spacial score (nSPS) is 12.9. The summed E-state index contributed by atoms with van der Waals surface area (Å²) in [5, 5.41) is 10.2. The topological polar surface area (TPSA) is 12.0 Å². The van der Waals surface area contributed by atoms with Gasteiger partial charge in [0.25, 0.3) is 0 Å². The molecule has 1 N–H and O–H groups in total. The molecule has 0 aliphatic carbocycles. The van der Waals surface area contributed by atoms with E-state index in [0.717, 1.165) is 13.0 Å². The molecule has 1 nitrogen and oxygen atoms in total. The van der Waals surface area contributed by atoms with Gasteiger partial charge in [0, 0.05) is 14.7 Å². The monoisotopic (exact) mass is 329 g/mol. The van der Waals surface area contributed by atoms with E-state index in [0.29, 0.717) is 6.04 Å². The highest BCUT2D eigenvalue weighted by Gasteiger charge is 2.19. The van der Waals surface area contributed by atoms with Gasteiger partial charge in [-0.15, -0.1) is 11.3 Å². The van der Waals surface area contributed by atoms with Crippen molar-refractivity contribution in [2.45, 2.75) is 26.3 Å². The molecule has 0 aromatic carbocycles. The summed E-state index contributed by atoms with van der Waals surface area (Å²) in [4.78, 5) is 1.43. The Hall–Kier alpha value is -0.160. The van der Waals surface area contributed by atoms with E-state index in [1.54, 1.807) is 11.3 Å². The minimum Gasteiger partial charge on any atom is -0.306 e. The Kier molecular flexibility index (Phi) is 4.79. The first-order valence-corrected chi connectivity index (χ1v) is 8.34. The molecule has 0 bridgehead atoms. The minimum absolute atomic E-state index is 0.329. The number of thiophene rings is 2. The van der Waals surface area contributed by atoms with Crippen LogP contribution in [0.3, 0.4) is 0 Å². The lowest BCUT2D eigenvalue weighted by molar-refractivity contribution is 0.604. The molecule has 0 saturated heterocycles. The second-order valence-corrected chi connectivity index (χ2v) is 6.58. The zero-order valence-electron chi connectivity index (χ0n) is 10.00. The number of hydrogen-bond acceptors (Lipinski definition) is 3. The molecule has 17 heavy (non-hydrogen) atoms. The lowest BCUT2D eigenvalue weighted by Crippen LogP contribution is -2.22. The number of nitrogens with one attached hydrogen (secondary N) is 1. The summed E-state index contributed by atoms with van der Waals surface area (Å²) in [5.41, 5.74) is 2.73. The average Bonchev–Trinajstić information content (AvgIpc) is 2.90. The summed E-state index contributed by atoms with van der Waals surface area (Å²) in [5.74, 6) is 0. The van der Waals surface area contributed by atoms with E-state index in [-0.39, 0.29) is 0 Å². The first-order valence-electron chi connectivity index (χ1n) is 5.73. The van der Waals surface area contributed by atoms with Gasteiger partial charge in [-0.25, -0.2) is 0 Å². The predicted molar refractivity (Wildman–Crippen MR) is 81.2 cm³/mol. The molecule has 0 aliphatic rings. The fourth-order valence-electron chi connectivity index (χ4n) is 1.81. The number of rotatable bonds is 5. The Balaban J connectivity index is 2.32. The lowest BCUT2D eigenvalue weighted by Gasteiger charge is -2.18. The van der Waals surface area contributed by atoms with Gasteiger partial charge in [0.1, 0.15) is 0 Å². The van der Waals surface area contributed by atoms with Crippen molar-refractivity contribution >= 4 is 38.6 Å². The van der Waals surface area contributed by atoms with Crippen molar-refractivity contribution < 1.29 is 0 Å². The van der Waals surface area contributed by atoms with E-state index in [4.69, 9.17) is 0 Å². The average molecular weight is 330 g/mol. The number of hydrogen-bond donors (Lipinski definition) is 1. The van der Waals surface area contributed by atoms with Gasteiger partial charge < -0.3 is 5.32 Å². The standard InChI is InChI=1S/C13H16BrNS2/c1-3-5-15-12(10-7-16-8-11(10)14)13-9(2)4-6-17-13/h4,6-8,12,15H,3,5H2,1-2H3. The third-order valence-corrected chi connectivity index (χ3v) is 5.55. The summed E-state index contributed by atoms with van der Waals surface area (Å²) in [6.07, 6.45) is 1.16. The van der Waals surface area contributed by atoms with Crippen molar-refractivity contribution in [3.8, 4) is 0 Å². The minimum atomic E-state index is 0.329. The molecular formula is C13H16BrNS2. The van der Waals surface area contributed by atoms with Crippen LogP contribution >= 0.6 is 38.6 Å². The molecule has 0 fully saturated rings. The van der Waals surface area contributed by atoms with E-state index >= 15 is 0 Å². The molecule has 1 atom stereocenters. The second kappa shape index (κ2) is 6.14. The molecular weight excluding hydrogens is 314 g/mol. The molecule has 0 radical (unpaired) electrons. The van der Waals surface area contributed by atoms with Crippen LogP contribution in [0.15, 0.2) is 26.7 Å². The van der Waals surface area contributed by atoms with Gasteiger partial charge in [0.2, 0.25) is 0 Å². The quantitative estimate of drug-likeness (QED) is 0.816. The van der Waals surface area contributed by atoms with Gasteiger partial charge in [-0.2, -0.15) is 11.3 Å². The maximum atomic E-state index is 3.64. The van der Waals surface area contributed by atoms with Crippen LogP contribution in [-0.4, -0.2) is 6.54 Å². The maximum Gasteiger partial charge on any atom is 0.0693 e. The highest BCUT2D eigenvalue weighted by Crippen LogP contribution is 2.35. The van der Waals surface area contributed by atoms with Crippen LogP contribution in [0.4, 0.5) is 0 Å². The van der Waals surface area contributed by atoms with Crippen molar-refractivity contribution in [1.82, 2.24) is 5.32 Å². The van der Waals surface area contributed by atoms with Gasteiger partial charge in [0.15, 0.2) is 0 Å². The fraction of sp³-hybridized carbons (Fsp3) is 0.385. The SMILES string of the molecule is CCCNC(c1cscc1Br)c1sccc1C. The zero-order chi connectivity index (χ0) is 12.3. The molecule has 0 spiro atoms. The van der Waals surface area contributed by atoms with Crippen molar-refractivity contribution in [3.63, 3.8) is 0 Å². The highest BCUT2D eigenvalue weighted by molar-refractivity contribution is 9.10. The van der Waals surface area contributed by atoms with E-state index in [1.807, 2.05) is 11.3 Å². The molecule has 2 heterocycles. The smallest absolute Gasteiger partial charge is 0.0693 e. The maximum absolute atomic E-state index is 3.64. The van der Waals surface area contributed by atoms with Crippen LogP contribution in [0, 0.1) is 6.92 Å². The van der Waals surface area contributed by atoms with E-state index in [1.165, 1.54) is 20.5 Å². The van der Waals surface area contributed by atoms with E-state index in [2.05, 4.69) is 57.3 Å². The fourth-order valence-corrected chi connectivity index (χ4v) is 4.38. The van der Waals surface area contributed by atoms with Crippen molar-refractivity contribution in [2.75, 3.05) is 6.54 Å². The van der Waals surface area contributed by atoms with Crippen LogP contribution in [0.5, 0.6) is 0 Å². The highest BCUT2D eigenvalue weighted by atomic mass is 79.9. The first kappa shape index (κ1) is 13.3. The van der Waals surface area contributed by atoms with Crippen LogP contribution in [-0.2, 0) is 0 Å². The van der Waals surface area contributed by atoms with Crippen molar-refractivity contribution in [1.29, 1.82) is 0 Å². The lowest BCUT2D eigenvalue weighted by atomic mass is 10.1. The molecule has 92 valence electrons. The summed E-state index contributed by atoms with van der Waals surface area (Å²) in [6, 6.07) is 2.52. The van der Waals surface area contributed by atoms with Crippen LogP contribution < -0.4 is 5.32 Å². The summed E-state index contributed by atoms with van der Waals surface area (Å²) in [7, 11) is 0.